The molecule has 1 heterocycles. The number of nitrogens with zero attached hydrogens (tertiary/aromatic N) is 2. The monoisotopic (exact) mass is 302 g/mol. The van der Waals surface area contributed by atoms with E-state index >= 15 is 0 Å². The molecule has 1 fully saturated rings. The van der Waals surface area contributed by atoms with E-state index in [0.29, 0.717) is 12.4 Å². The molecule has 1 aliphatic heterocycles. The number of hydroxylamine groups is 2. The van der Waals surface area contributed by atoms with Crippen LogP contribution in [0.5, 0.6) is 0 Å². The molecule has 5 heteroatoms. The van der Waals surface area contributed by atoms with Gasteiger partial charge >= 0.3 is 5.97 Å². The first kappa shape index (κ1) is 15.2. The number of benzene rings is 1. The lowest BCUT2D eigenvalue weighted by atomic mass is 9.83. The molecule has 1 saturated carbocycles. The third-order valence-corrected chi connectivity index (χ3v) is 4.48. The summed E-state index contributed by atoms with van der Waals surface area (Å²) in [5, 5.41) is 1.75. The lowest BCUT2D eigenvalue weighted by molar-refractivity contribution is -0.140. The van der Waals surface area contributed by atoms with Gasteiger partial charge < -0.3 is 9.57 Å². The number of aliphatic imine (C=N–C) groups is 1. The van der Waals surface area contributed by atoms with Crippen molar-refractivity contribution in [3.63, 3.8) is 0 Å². The molecular formula is C17H22N2O3. The van der Waals surface area contributed by atoms with Crippen LogP contribution in [0.1, 0.15) is 43.2 Å². The van der Waals surface area contributed by atoms with Crippen molar-refractivity contribution >= 4 is 11.9 Å². The molecule has 0 bridgehead atoms. The highest BCUT2D eigenvalue weighted by Crippen LogP contribution is 2.37. The maximum atomic E-state index is 12.2. The average Bonchev–Trinajstić information content (AvgIpc) is 2.85. The van der Waals surface area contributed by atoms with Gasteiger partial charge in [0, 0.05) is 19.2 Å². The smallest absolute Gasteiger partial charge is 0.340 e. The lowest BCUT2D eigenvalue weighted by Crippen LogP contribution is -2.35. The number of ether oxygens (including phenoxy) is 1. The van der Waals surface area contributed by atoms with Crippen LogP contribution in [-0.4, -0.2) is 36.6 Å². The Balaban J connectivity index is 1.77. The molecule has 0 amide bonds. The Kier molecular flexibility index (Phi) is 4.27. The highest BCUT2D eigenvalue weighted by Gasteiger charge is 2.46. The zero-order valence-corrected chi connectivity index (χ0v) is 13.2. The van der Waals surface area contributed by atoms with Gasteiger partial charge in [-0.15, -0.1) is 0 Å². The van der Waals surface area contributed by atoms with E-state index in [0.717, 1.165) is 36.8 Å². The maximum Gasteiger partial charge on any atom is 0.340 e. The van der Waals surface area contributed by atoms with Crippen molar-refractivity contribution in [1.82, 2.24) is 5.06 Å². The van der Waals surface area contributed by atoms with Crippen LogP contribution in [0.4, 0.5) is 0 Å². The molecular weight excluding hydrogens is 280 g/mol. The Bertz CT molecular complexity index is 574. The van der Waals surface area contributed by atoms with Crippen molar-refractivity contribution in [1.29, 1.82) is 0 Å². The van der Waals surface area contributed by atoms with E-state index in [2.05, 4.69) is 4.99 Å². The van der Waals surface area contributed by atoms with Crippen LogP contribution in [-0.2, 0) is 20.9 Å². The molecule has 1 aromatic carbocycles. The van der Waals surface area contributed by atoms with Gasteiger partial charge in [-0.25, -0.2) is 9.79 Å². The molecule has 5 nitrogen and oxygen atoms in total. The molecule has 2 aliphatic rings. The Morgan fingerprint density at radius 3 is 2.55 bits per heavy atom. The summed E-state index contributed by atoms with van der Waals surface area (Å²) in [6.07, 6.45) is 4.90. The summed E-state index contributed by atoms with van der Waals surface area (Å²) in [4.78, 5) is 22.0. The zero-order chi connectivity index (χ0) is 15.6. The third kappa shape index (κ3) is 2.91. The molecule has 0 radical (unpaired) electrons. The van der Waals surface area contributed by atoms with Crippen LogP contribution >= 0.6 is 0 Å². The molecule has 1 aliphatic carbocycles. The first-order valence-corrected chi connectivity index (χ1v) is 7.80. The van der Waals surface area contributed by atoms with Crippen LogP contribution in [0.2, 0.25) is 0 Å². The molecule has 1 spiro atoms. The van der Waals surface area contributed by atoms with Crippen molar-refractivity contribution in [2.75, 3.05) is 14.2 Å². The number of cyclic esters (lactones) is 1. The van der Waals surface area contributed by atoms with Crippen LogP contribution in [0.25, 0.3) is 0 Å². The van der Waals surface area contributed by atoms with Gasteiger partial charge in [-0.2, -0.15) is 5.06 Å². The van der Waals surface area contributed by atoms with Crippen LogP contribution in [0, 0.1) is 0 Å². The second-order valence-corrected chi connectivity index (χ2v) is 6.06. The van der Waals surface area contributed by atoms with Gasteiger partial charge in [0.15, 0.2) is 5.54 Å². The quantitative estimate of drug-likeness (QED) is 0.634. The van der Waals surface area contributed by atoms with Crippen molar-refractivity contribution in [2.24, 2.45) is 4.99 Å². The van der Waals surface area contributed by atoms with Gasteiger partial charge in [0.2, 0.25) is 5.90 Å². The minimum absolute atomic E-state index is 0.176. The van der Waals surface area contributed by atoms with E-state index in [1.54, 1.807) is 12.2 Å². The Morgan fingerprint density at radius 1 is 1.23 bits per heavy atom. The third-order valence-electron chi connectivity index (χ3n) is 4.48. The Hall–Kier alpha value is -1.72. The normalized spacial score (nSPS) is 20.3. The molecule has 0 aromatic heterocycles. The largest absolute Gasteiger partial charge is 0.405 e. The van der Waals surface area contributed by atoms with E-state index in [4.69, 9.17) is 9.57 Å². The Morgan fingerprint density at radius 2 is 1.91 bits per heavy atom. The summed E-state index contributed by atoms with van der Waals surface area (Å²) >= 11 is 0. The molecule has 0 saturated heterocycles. The fraction of sp³-hybridized carbons (Fsp3) is 0.529. The first-order valence-electron chi connectivity index (χ1n) is 7.80. The van der Waals surface area contributed by atoms with Crippen LogP contribution in [0.3, 0.4) is 0 Å². The first-order chi connectivity index (χ1) is 10.6. The second-order valence-electron chi connectivity index (χ2n) is 6.06. The number of hydrogen-bond donors (Lipinski definition) is 0. The molecule has 22 heavy (non-hydrogen) atoms. The fourth-order valence-electron chi connectivity index (χ4n) is 3.10. The van der Waals surface area contributed by atoms with Crippen molar-refractivity contribution in [3.05, 3.63) is 35.4 Å². The highest BCUT2D eigenvalue weighted by atomic mass is 16.7. The minimum Gasteiger partial charge on any atom is -0.405 e. The number of rotatable bonds is 4. The Labute approximate surface area is 130 Å². The summed E-state index contributed by atoms with van der Waals surface area (Å²) in [6, 6.07) is 7.92. The standard InChI is InChI=1S/C17H22N2O3/c1-19(21-2)12-13-6-8-14(9-7-13)15-18-17(16(20)22-15)10-4-3-5-11-17/h6-9H,3-5,10-12H2,1-2H3. The average molecular weight is 302 g/mol. The van der Waals surface area contributed by atoms with Crippen LogP contribution < -0.4 is 0 Å². The maximum absolute atomic E-state index is 12.2. The molecule has 0 N–H and O–H groups in total. The highest BCUT2D eigenvalue weighted by molar-refractivity contribution is 6.07. The van der Waals surface area contributed by atoms with E-state index < -0.39 is 5.54 Å². The van der Waals surface area contributed by atoms with E-state index in [1.807, 2.05) is 31.3 Å². The van der Waals surface area contributed by atoms with Gasteiger partial charge in [-0.05, 0) is 30.5 Å². The second kappa shape index (κ2) is 6.18. The van der Waals surface area contributed by atoms with Crippen molar-refractivity contribution < 1.29 is 14.4 Å². The summed E-state index contributed by atoms with van der Waals surface area (Å²) in [5.74, 6) is 0.295. The van der Waals surface area contributed by atoms with Crippen LogP contribution in [0.15, 0.2) is 29.3 Å². The SMILES string of the molecule is CON(C)Cc1ccc(C2=NC3(CCCCC3)C(=O)O2)cc1. The van der Waals surface area contributed by atoms with Gasteiger partial charge in [-0.1, -0.05) is 31.4 Å². The summed E-state index contributed by atoms with van der Waals surface area (Å²) in [6.45, 7) is 0.701. The van der Waals surface area contributed by atoms with E-state index in [9.17, 15) is 4.79 Å². The number of hydrogen-bond acceptors (Lipinski definition) is 5. The topological polar surface area (TPSA) is 51.1 Å². The van der Waals surface area contributed by atoms with Gasteiger partial charge in [0.1, 0.15) is 0 Å². The van der Waals surface area contributed by atoms with Crippen molar-refractivity contribution in [2.45, 2.75) is 44.2 Å². The van der Waals surface area contributed by atoms with E-state index in [1.165, 1.54) is 6.42 Å². The van der Waals surface area contributed by atoms with Gasteiger partial charge in [0.05, 0.1) is 7.11 Å². The predicted octanol–water partition coefficient (Wildman–Crippen LogP) is 2.69. The number of carbonyl (C=O) groups is 1. The minimum atomic E-state index is -0.609. The van der Waals surface area contributed by atoms with Gasteiger partial charge in [0.25, 0.3) is 0 Å². The summed E-state index contributed by atoms with van der Waals surface area (Å²) in [7, 11) is 3.52. The lowest BCUT2D eigenvalue weighted by Gasteiger charge is -2.25. The molecule has 0 unspecified atom stereocenters. The predicted molar refractivity (Wildman–Crippen MR) is 83.4 cm³/mol. The van der Waals surface area contributed by atoms with E-state index in [-0.39, 0.29) is 5.97 Å². The number of carbonyl (C=O) groups excluding carboxylic acids is 1. The zero-order valence-electron chi connectivity index (χ0n) is 13.2. The summed E-state index contributed by atoms with van der Waals surface area (Å²) in [5.41, 5.74) is 1.38. The summed E-state index contributed by atoms with van der Waals surface area (Å²) < 4.78 is 5.46. The number of esters is 1. The molecule has 3 rings (SSSR count). The fourth-order valence-corrected chi connectivity index (χ4v) is 3.10. The molecule has 1 aromatic rings. The molecule has 0 atom stereocenters. The molecule has 118 valence electrons. The van der Waals surface area contributed by atoms with Gasteiger partial charge in [-0.3, -0.25) is 0 Å². The van der Waals surface area contributed by atoms with Crippen molar-refractivity contribution in [3.8, 4) is 0 Å².